The highest BCUT2D eigenvalue weighted by Crippen LogP contribution is 2.29. The summed E-state index contributed by atoms with van der Waals surface area (Å²) in [6, 6.07) is 4.84. The number of carbonyl (C=O) groups is 1. The summed E-state index contributed by atoms with van der Waals surface area (Å²) in [5.74, 6) is 0.198. The molecule has 1 fully saturated rings. The number of rotatable bonds is 3. The quantitative estimate of drug-likeness (QED) is 0.677. The third-order valence-electron chi connectivity index (χ3n) is 3.75. The summed E-state index contributed by atoms with van der Waals surface area (Å²) in [6.45, 7) is 5.66. The van der Waals surface area contributed by atoms with Crippen molar-refractivity contribution in [1.29, 1.82) is 0 Å². The summed E-state index contributed by atoms with van der Waals surface area (Å²) in [4.78, 5) is 24.4. The number of benzene rings is 1. The lowest BCUT2D eigenvalue weighted by Crippen LogP contribution is -2.33. The molecule has 1 aliphatic heterocycles. The van der Waals surface area contributed by atoms with Gasteiger partial charge in [0.05, 0.1) is 11.0 Å². The number of hydrogen-bond donors (Lipinski definition) is 1. The van der Waals surface area contributed by atoms with Crippen LogP contribution < -0.4 is 5.32 Å². The lowest BCUT2D eigenvalue weighted by molar-refractivity contribution is -0.385. The van der Waals surface area contributed by atoms with Crippen LogP contribution in [0.5, 0.6) is 0 Å². The molecule has 1 heterocycles. The third kappa shape index (κ3) is 2.38. The SMILES string of the molecule is Cc1ccc(C2NC(C(C)C)C(=O)N2C)cc1[N+](=O)[O-]. The standard InChI is InChI=1S/C14H19N3O3/c1-8(2)12-14(18)16(4)13(15-12)10-6-5-9(3)11(7-10)17(19)20/h5-8,12-13,15H,1-4H3. The Morgan fingerprint density at radius 1 is 1.40 bits per heavy atom. The highest BCUT2D eigenvalue weighted by Gasteiger charge is 2.39. The lowest BCUT2D eigenvalue weighted by atomic mass is 10.0. The molecule has 1 aromatic carbocycles. The van der Waals surface area contributed by atoms with Gasteiger partial charge in [-0.05, 0) is 18.4 Å². The van der Waals surface area contributed by atoms with Crippen LogP contribution in [-0.4, -0.2) is 28.8 Å². The zero-order valence-electron chi connectivity index (χ0n) is 12.1. The number of amides is 1. The minimum atomic E-state index is -0.393. The maximum Gasteiger partial charge on any atom is 0.272 e. The van der Waals surface area contributed by atoms with Crippen molar-refractivity contribution in [3.8, 4) is 0 Å². The highest BCUT2D eigenvalue weighted by molar-refractivity contribution is 5.84. The number of hydrogen-bond acceptors (Lipinski definition) is 4. The molecule has 1 aromatic rings. The molecule has 0 saturated carbocycles. The molecule has 20 heavy (non-hydrogen) atoms. The van der Waals surface area contributed by atoms with E-state index < -0.39 is 4.92 Å². The predicted molar refractivity (Wildman–Crippen MR) is 75.1 cm³/mol. The van der Waals surface area contributed by atoms with E-state index in [0.29, 0.717) is 5.56 Å². The second-order valence-corrected chi connectivity index (χ2v) is 5.54. The molecule has 2 unspecified atom stereocenters. The lowest BCUT2D eigenvalue weighted by Gasteiger charge is -2.19. The second kappa shape index (κ2) is 5.20. The van der Waals surface area contributed by atoms with Gasteiger partial charge in [-0.1, -0.05) is 26.0 Å². The van der Waals surface area contributed by atoms with Crippen molar-refractivity contribution < 1.29 is 9.72 Å². The fourth-order valence-electron chi connectivity index (χ4n) is 2.49. The zero-order chi connectivity index (χ0) is 15.0. The molecule has 0 aliphatic carbocycles. The summed E-state index contributed by atoms with van der Waals surface area (Å²) in [6.07, 6.45) is -0.311. The maximum absolute atomic E-state index is 12.1. The number of nitro benzene ring substituents is 1. The van der Waals surface area contributed by atoms with Crippen molar-refractivity contribution in [2.45, 2.75) is 33.0 Å². The van der Waals surface area contributed by atoms with Gasteiger partial charge in [0.1, 0.15) is 6.17 Å². The van der Waals surface area contributed by atoms with Gasteiger partial charge in [-0.25, -0.2) is 0 Å². The molecule has 6 nitrogen and oxygen atoms in total. The number of aryl methyl sites for hydroxylation is 1. The minimum absolute atomic E-state index is 0.0215. The molecule has 6 heteroatoms. The van der Waals surface area contributed by atoms with E-state index in [-0.39, 0.29) is 29.7 Å². The molecule has 1 saturated heterocycles. The summed E-state index contributed by atoms with van der Waals surface area (Å²) in [5.41, 5.74) is 1.44. The van der Waals surface area contributed by atoms with Crippen molar-refractivity contribution in [3.05, 3.63) is 39.4 Å². The Bertz CT molecular complexity index is 557. The second-order valence-electron chi connectivity index (χ2n) is 5.54. The van der Waals surface area contributed by atoms with Crippen LogP contribution in [-0.2, 0) is 4.79 Å². The average Bonchev–Trinajstić information content (AvgIpc) is 2.67. The van der Waals surface area contributed by atoms with Crippen LogP contribution in [0.25, 0.3) is 0 Å². The number of carbonyl (C=O) groups excluding carboxylic acids is 1. The first-order valence-corrected chi connectivity index (χ1v) is 6.60. The van der Waals surface area contributed by atoms with E-state index in [0.717, 1.165) is 5.56 Å². The van der Waals surface area contributed by atoms with Crippen molar-refractivity contribution >= 4 is 11.6 Å². The maximum atomic E-state index is 12.1. The largest absolute Gasteiger partial charge is 0.325 e. The zero-order valence-corrected chi connectivity index (χ0v) is 12.1. The minimum Gasteiger partial charge on any atom is -0.325 e. The monoisotopic (exact) mass is 277 g/mol. The molecule has 2 atom stereocenters. The Morgan fingerprint density at radius 2 is 2.05 bits per heavy atom. The van der Waals surface area contributed by atoms with Gasteiger partial charge in [0.25, 0.3) is 5.69 Å². The molecule has 0 bridgehead atoms. The average molecular weight is 277 g/mol. The van der Waals surface area contributed by atoms with E-state index in [9.17, 15) is 14.9 Å². The molecule has 1 aliphatic rings. The van der Waals surface area contributed by atoms with Gasteiger partial charge in [0.2, 0.25) is 5.91 Å². The highest BCUT2D eigenvalue weighted by atomic mass is 16.6. The van der Waals surface area contributed by atoms with Gasteiger partial charge in [0, 0.05) is 18.7 Å². The summed E-state index contributed by atoms with van der Waals surface area (Å²) in [5, 5.41) is 14.3. The van der Waals surface area contributed by atoms with Crippen LogP contribution in [0.4, 0.5) is 5.69 Å². The first-order chi connectivity index (χ1) is 9.32. The molecular weight excluding hydrogens is 258 g/mol. The number of likely N-dealkylation sites (N-methyl/N-ethyl adjacent to an activating group) is 1. The summed E-state index contributed by atoms with van der Waals surface area (Å²) < 4.78 is 0. The van der Waals surface area contributed by atoms with Gasteiger partial charge in [-0.3, -0.25) is 20.2 Å². The van der Waals surface area contributed by atoms with Crippen LogP contribution >= 0.6 is 0 Å². The number of nitrogens with one attached hydrogen (secondary N) is 1. The van der Waals surface area contributed by atoms with Crippen LogP contribution in [0.3, 0.4) is 0 Å². The van der Waals surface area contributed by atoms with Gasteiger partial charge < -0.3 is 4.90 Å². The molecule has 1 N–H and O–H groups in total. The molecule has 108 valence electrons. The van der Waals surface area contributed by atoms with Crippen LogP contribution in [0.1, 0.15) is 31.1 Å². The molecule has 2 rings (SSSR count). The molecule has 0 spiro atoms. The molecule has 0 aromatic heterocycles. The van der Waals surface area contributed by atoms with E-state index in [1.165, 1.54) is 0 Å². The predicted octanol–water partition coefficient (Wildman–Crippen LogP) is 1.99. The smallest absolute Gasteiger partial charge is 0.272 e. The van der Waals surface area contributed by atoms with E-state index in [1.807, 2.05) is 19.9 Å². The van der Waals surface area contributed by atoms with E-state index >= 15 is 0 Å². The Labute approximate surface area is 117 Å². The van der Waals surface area contributed by atoms with Crippen molar-refractivity contribution in [3.63, 3.8) is 0 Å². The van der Waals surface area contributed by atoms with Crippen molar-refractivity contribution in [2.24, 2.45) is 5.92 Å². The normalized spacial score (nSPS) is 22.6. The van der Waals surface area contributed by atoms with Gasteiger partial charge in [-0.2, -0.15) is 0 Å². The van der Waals surface area contributed by atoms with Gasteiger partial charge in [0.15, 0.2) is 0 Å². The molecule has 1 amide bonds. The van der Waals surface area contributed by atoms with Gasteiger partial charge >= 0.3 is 0 Å². The van der Waals surface area contributed by atoms with E-state index in [4.69, 9.17) is 0 Å². The van der Waals surface area contributed by atoms with E-state index in [2.05, 4.69) is 5.32 Å². The Hall–Kier alpha value is -1.95. The number of nitrogens with zero attached hydrogens (tertiary/aromatic N) is 2. The van der Waals surface area contributed by atoms with Crippen molar-refractivity contribution in [1.82, 2.24) is 10.2 Å². The Balaban J connectivity index is 2.35. The summed E-state index contributed by atoms with van der Waals surface area (Å²) in [7, 11) is 1.72. The van der Waals surface area contributed by atoms with Crippen LogP contribution in [0.15, 0.2) is 18.2 Å². The first-order valence-electron chi connectivity index (χ1n) is 6.60. The topological polar surface area (TPSA) is 75.5 Å². The summed E-state index contributed by atoms with van der Waals surface area (Å²) >= 11 is 0. The number of nitro groups is 1. The van der Waals surface area contributed by atoms with Gasteiger partial charge in [-0.15, -0.1) is 0 Å². The Kier molecular flexibility index (Phi) is 3.76. The third-order valence-corrected chi connectivity index (χ3v) is 3.75. The molecular formula is C14H19N3O3. The van der Waals surface area contributed by atoms with Crippen LogP contribution in [0, 0.1) is 23.0 Å². The van der Waals surface area contributed by atoms with E-state index in [1.54, 1.807) is 31.0 Å². The molecule has 0 radical (unpaired) electrons. The first kappa shape index (κ1) is 14.5. The Morgan fingerprint density at radius 3 is 2.55 bits per heavy atom. The fraction of sp³-hybridized carbons (Fsp3) is 0.500. The van der Waals surface area contributed by atoms with Crippen LogP contribution in [0.2, 0.25) is 0 Å². The fourth-order valence-corrected chi connectivity index (χ4v) is 2.49. The van der Waals surface area contributed by atoms with Crippen molar-refractivity contribution in [2.75, 3.05) is 7.05 Å².